The summed E-state index contributed by atoms with van der Waals surface area (Å²) in [4.78, 5) is 18.5. The van der Waals surface area contributed by atoms with Crippen molar-refractivity contribution in [3.63, 3.8) is 0 Å². The lowest BCUT2D eigenvalue weighted by Crippen LogP contribution is -2.09. The van der Waals surface area contributed by atoms with Gasteiger partial charge in [0.15, 0.2) is 0 Å². The van der Waals surface area contributed by atoms with E-state index in [-0.39, 0.29) is 17.7 Å². The van der Waals surface area contributed by atoms with E-state index in [2.05, 4.69) is 25.9 Å². The number of hydrogen-bond acceptors (Lipinski definition) is 2. The number of aliphatic carboxylic acids is 1. The van der Waals surface area contributed by atoms with Gasteiger partial charge in [-0.1, -0.05) is 0 Å². The lowest BCUT2D eigenvalue weighted by molar-refractivity contribution is -0.141. The van der Waals surface area contributed by atoms with Crippen LogP contribution in [0.5, 0.6) is 0 Å². The molecule has 6 heteroatoms. The molecule has 1 fully saturated rings. The Balaban J connectivity index is 1.92. The standard InChI is InChI=1S/C13H12BrFN2O2/c14-8-4-10-11(5-9(8)15)17-12(16-10)6-1-2-7(3-6)13(18)19/h4-7H,1-3H2,(H,16,17)(H,18,19). The second kappa shape index (κ2) is 4.59. The van der Waals surface area contributed by atoms with Crippen molar-refractivity contribution in [2.24, 2.45) is 5.92 Å². The van der Waals surface area contributed by atoms with Crippen LogP contribution in [-0.4, -0.2) is 21.0 Å². The lowest BCUT2D eigenvalue weighted by Gasteiger charge is -2.04. The van der Waals surface area contributed by atoms with Crippen LogP contribution in [0.15, 0.2) is 16.6 Å². The van der Waals surface area contributed by atoms with Crippen LogP contribution < -0.4 is 0 Å². The van der Waals surface area contributed by atoms with Gasteiger partial charge in [-0.15, -0.1) is 0 Å². The van der Waals surface area contributed by atoms with E-state index in [1.165, 1.54) is 6.07 Å². The molecule has 2 aromatic rings. The Bertz CT molecular complexity index is 616. The van der Waals surface area contributed by atoms with Gasteiger partial charge >= 0.3 is 5.97 Å². The highest BCUT2D eigenvalue weighted by atomic mass is 79.9. The monoisotopic (exact) mass is 326 g/mol. The molecule has 0 aliphatic heterocycles. The summed E-state index contributed by atoms with van der Waals surface area (Å²) in [6, 6.07) is 3.04. The number of carboxylic acids is 1. The van der Waals surface area contributed by atoms with E-state index in [4.69, 9.17) is 5.11 Å². The number of aromatic amines is 1. The molecule has 1 saturated carbocycles. The van der Waals surface area contributed by atoms with Gasteiger partial charge in [-0.3, -0.25) is 4.79 Å². The van der Waals surface area contributed by atoms with Gasteiger partial charge in [0, 0.05) is 12.0 Å². The molecule has 4 nitrogen and oxygen atoms in total. The first-order valence-corrected chi connectivity index (χ1v) is 6.91. The number of carboxylic acid groups (broad SMARTS) is 1. The highest BCUT2D eigenvalue weighted by Gasteiger charge is 2.32. The van der Waals surface area contributed by atoms with Gasteiger partial charge in [0.1, 0.15) is 11.6 Å². The Hall–Kier alpha value is -1.43. The molecule has 0 bridgehead atoms. The van der Waals surface area contributed by atoms with Crippen molar-refractivity contribution < 1.29 is 14.3 Å². The Kier molecular flexibility index (Phi) is 3.05. The predicted molar refractivity (Wildman–Crippen MR) is 71.5 cm³/mol. The Morgan fingerprint density at radius 1 is 1.47 bits per heavy atom. The molecule has 0 amide bonds. The quantitative estimate of drug-likeness (QED) is 0.888. The normalized spacial score (nSPS) is 23.1. The van der Waals surface area contributed by atoms with E-state index < -0.39 is 5.97 Å². The summed E-state index contributed by atoms with van der Waals surface area (Å²) in [6.07, 6.45) is 2.08. The molecule has 1 aromatic heterocycles. The number of halogens is 2. The molecule has 0 radical (unpaired) electrons. The highest BCUT2D eigenvalue weighted by Crippen LogP contribution is 2.38. The molecule has 3 rings (SSSR count). The van der Waals surface area contributed by atoms with Crippen LogP contribution in [0.4, 0.5) is 4.39 Å². The van der Waals surface area contributed by atoms with Crippen molar-refractivity contribution in [3.8, 4) is 0 Å². The van der Waals surface area contributed by atoms with E-state index >= 15 is 0 Å². The smallest absolute Gasteiger partial charge is 0.306 e. The second-order valence-electron chi connectivity index (χ2n) is 4.95. The number of rotatable bonds is 2. The Morgan fingerprint density at radius 2 is 2.26 bits per heavy atom. The average Bonchev–Trinajstić information content (AvgIpc) is 2.95. The zero-order valence-electron chi connectivity index (χ0n) is 9.99. The maximum absolute atomic E-state index is 13.4. The minimum atomic E-state index is -0.743. The predicted octanol–water partition coefficient (Wildman–Crippen LogP) is 3.43. The number of aromatic nitrogens is 2. The number of carbonyl (C=O) groups is 1. The van der Waals surface area contributed by atoms with Crippen molar-refractivity contribution in [2.75, 3.05) is 0 Å². The largest absolute Gasteiger partial charge is 0.481 e. The minimum absolute atomic E-state index is 0.121. The van der Waals surface area contributed by atoms with Crippen LogP contribution in [0.25, 0.3) is 11.0 Å². The number of nitrogens with zero attached hydrogens (tertiary/aromatic N) is 1. The number of hydrogen-bond donors (Lipinski definition) is 2. The van der Waals surface area contributed by atoms with E-state index in [9.17, 15) is 9.18 Å². The zero-order chi connectivity index (χ0) is 13.6. The lowest BCUT2D eigenvalue weighted by atomic mass is 10.0. The fourth-order valence-corrected chi connectivity index (χ4v) is 3.00. The second-order valence-corrected chi connectivity index (χ2v) is 5.80. The van der Waals surface area contributed by atoms with E-state index in [0.29, 0.717) is 28.3 Å². The van der Waals surface area contributed by atoms with Crippen molar-refractivity contribution in [3.05, 3.63) is 28.2 Å². The molecule has 100 valence electrons. The van der Waals surface area contributed by atoms with Crippen LogP contribution in [0, 0.1) is 11.7 Å². The van der Waals surface area contributed by atoms with Gasteiger partial charge in [0.25, 0.3) is 0 Å². The summed E-state index contributed by atoms with van der Waals surface area (Å²) in [5.74, 6) is -0.488. The van der Waals surface area contributed by atoms with Crippen LogP contribution in [0.1, 0.15) is 31.0 Å². The zero-order valence-corrected chi connectivity index (χ0v) is 11.6. The molecule has 1 aromatic carbocycles. The van der Waals surface area contributed by atoms with Crippen molar-refractivity contribution in [1.29, 1.82) is 0 Å². The van der Waals surface area contributed by atoms with E-state index in [1.807, 2.05) is 0 Å². The van der Waals surface area contributed by atoms with Crippen molar-refractivity contribution >= 4 is 32.9 Å². The van der Waals surface area contributed by atoms with Gasteiger partial charge in [0.05, 0.1) is 21.4 Å². The third-order valence-corrected chi connectivity index (χ3v) is 4.32. The molecule has 2 atom stereocenters. The third kappa shape index (κ3) is 2.25. The van der Waals surface area contributed by atoms with Crippen LogP contribution in [0.3, 0.4) is 0 Å². The molecule has 19 heavy (non-hydrogen) atoms. The molecule has 1 aliphatic rings. The molecular weight excluding hydrogens is 315 g/mol. The van der Waals surface area contributed by atoms with Crippen LogP contribution in [0.2, 0.25) is 0 Å². The fourth-order valence-electron chi connectivity index (χ4n) is 2.67. The number of nitrogens with one attached hydrogen (secondary N) is 1. The number of fused-ring (bicyclic) bond motifs is 1. The SMILES string of the molecule is O=C(O)C1CCC(c2nc3cc(Br)c(F)cc3[nH]2)C1. The first-order chi connectivity index (χ1) is 9.04. The van der Waals surface area contributed by atoms with Gasteiger partial charge in [-0.2, -0.15) is 0 Å². The minimum Gasteiger partial charge on any atom is -0.481 e. The summed E-state index contributed by atoms with van der Waals surface area (Å²) in [6.45, 7) is 0. The highest BCUT2D eigenvalue weighted by molar-refractivity contribution is 9.10. The fraction of sp³-hybridized carbons (Fsp3) is 0.385. The summed E-state index contributed by atoms with van der Waals surface area (Å²) in [5.41, 5.74) is 1.34. The topological polar surface area (TPSA) is 66.0 Å². The molecule has 1 heterocycles. The Labute approximate surface area is 117 Å². The van der Waals surface area contributed by atoms with E-state index in [0.717, 1.165) is 12.2 Å². The molecule has 1 aliphatic carbocycles. The first-order valence-electron chi connectivity index (χ1n) is 6.12. The maximum Gasteiger partial charge on any atom is 0.306 e. The third-order valence-electron chi connectivity index (χ3n) is 3.71. The molecule has 0 saturated heterocycles. The number of imidazole rings is 1. The summed E-state index contributed by atoms with van der Waals surface area (Å²) in [5, 5.41) is 9.00. The Morgan fingerprint density at radius 3 is 2.95 bits per heavy atom. The average molecular weight is 327 g/mol. The van der Waals surface area contributed by atoms with Crippen molar-refractivity contribution in [2.45, 2.75) is 25.2 Å². The van der Waals surface area contributed by atoms with Gasteiger partial charge < -0.3 is 10.1 Å². The molecule has 2 unspecified atom stereocenters. The molecule has 2 N–H and O–H groups in total. The van der Waals surface area contributed by atoms with Gasteiger partial charge in [-0.25, -0.2) is 9.37 Å². The van der Waals surface area contributed by atoms with Gasteiger partial charge in [-0.05, 0) is 41.3 Å². The summed E-state index contributed by atoms with van der Waals surface area (Å²) in [7, 11) is 0. The first kappa shape index (κ1) is 12.6. The summed E-state index contributed by atoms with van der Waals surface area (Å²) < 4.78 is 13.8. The molecular formula is C13H12BrFN2O2. The summed E-state index contributed by atoms with van der Waals surface area (Å²) >= 11 is 3.13. The number of H-pyrrole nitrogens is 1. The van der Waals surface area contributed by atoms with Crippen LogP contribution >= 0.6 is 15.9 Å². The van der Waals surface area contributed by atoms with E-state index in [1.54, 1.807) is 6.07 Å². The molecule has 0 spiro atoms. The van der Waals surface area contributed by atoms with Crippen LogP contribution in [-0.2, 0) is 4.79 Å². The van der Waals surface area contributed by atoms with Gasteiger partial charge in [0.2, 0.25) is 0 Å². The number of benzene rings is 1. The van der Waals surface area contributed by atoms with Crippen molar-refractivity contribution in [1.82, 2.24) is 9.97 Å². The maximum atomic E-state index is 13.4.